The maximum absolute atomic E-state index is 12.1. The molecule has 0 saturated heterocycles. The molecule has 1 aromatic rings. The highest BCUT2D eigenvalue weighted by molar-refractivity contribution is 5.93. The number of esters is 2. The van der Waals surface area contributed by atoms with E-state index in [2.05, 4.69) is 20.8 Å². The van der Waals surface area contributed by atoms with E-state index < -0.39 is 0 Å². The molecule has 1 rings (SSSR count). The van der Waals surface area contributed by atoms with Crippen molar-refractivity contribution >= 4 is 11.9 Å². The van der Waals surface area contributed by atoms with Crippen LogP contribution in [0, 0.1) is 5.92 Å². The zero-order chi connectivity index (χ0) is 18.7. The van der Waals surface area contributed by atoms with Crippen molar-refractivity contribution < 1.29 is 19.1 Å². The van der Waals surface area contributed by atoms with E-state index in [4.69, 9.17) is 9.47 Å². The first-order chi connectivity index (χ1) is 11.9. The van der Waals surface area contributed by atoms with Crippen LogP contribution >= 0.6 is 0 Å². The molecule has 0 N–H and O–H groups in total. The molecule has 1 atom stereocenters. The molecular weight excluding hydrogens is 316 g/mol. The smallest absolute Gasteiger partial charge is 0.338 e. The fraction of sp³-hybridized carbons (Fsp3) is 0.619. The van der Waals surface area contributed by atoms with Gasteiger partial charge in [0.05, 0.1) is 23.8 Å². The van der Waals surface area contributed by atoms with E-state index in [1.54, 1.807) is 24.3 Å². The molecule has 0 aromatic heterocycles. The SMILES string of the molecule is CCCCCCCOC(=O)c1ccc(C(=O)OC(C)CC(C)C)cc1. The van der Waals surface area contributed by atoms with E-state index in [1.807, 2.05) is 6.92 Å². The number of rotatable bonds is 11. The van der Waals surface area contributed by atoms with Crippen molar-refractivity contribution in [3.63, 3.8) is 0 Å². The third-order valence-corrected chi connectivity index (χ3v) is 3.95. The minimum atomic E-state index is -0.357. The molecular formula is C21H32O4. The van der Waals surface area contributed by atoms with Crippen LogP contribution in [-0.4, -0.2) is 24.6 Å². The highest BCUT2D eigenvalue weighted by atomic mass is 16.5. The summed E-state index contributed by atoms with van der Waals surface area (Å²) in [5.41, 5.74) is 0.909. The Hall–Kier alpha value is -1.84. The molecule has 0 aliphatic heterocycles. The predicted molar refractivity (Wildman–Crippen MR) is 99.8 cm³/mol. The topological polar surface area (TPSA) is 52.6 Å². The van der Waals surface area contributed by atoms with Gasteiger partial charge < -0.3 is 9.47 Å². The lowest BCUT2D eigenvalue weighted by Crippen LogP contribution is -2.17. The summed E-state index contributed by atoms with van der Waals surface area (Å²) in [5.74, 6) is -0.227. The summed E-state index contributed by atoms with van der Waals surface area (Å²) in [6, 6.07) is 6.46. The fourth-order valence-electron chi connectivity index (χ4n) is 2.66. The van der Waals surface area contributed by atoms with E-state index in [1.165, 1.54) is 19.3 Å². The maximum Gasteiger partial charge on any atom is 0.338 e. The van der Waals surface area contributed by atoms with Crippen LogP contribution in [0.5, 0.6) is 0 Å². The molecule has 0 saturated carbocycles. The Kier molecular flexibility index (Phi) is 9.90. The minimum absolute atomic E-state index is 0.121. The summed E-state index contributed by atoms with van der Waals surface area (Å²) in [6.07, 6.45) is 6.29. The molecule has 1 aromatic carbocycles. The minimum Gasteiger partial charge on any atom is -0.462 e. The summed E-state index contributed by atoms with van der Waals surface area (Å²) >= 11 is 0. The lowest BCUT2D eigenvalue weighted by Gasteiger charge is -2.15. The van der Waals surface area contributed by atoms with Crippen LogP contribution in [0.1, 0.15) is 86.9 Å². The largest absolute Gasteiger partial charge is 0.462 e. The molecule has 0 heterocycles. The van der Waals surface area contributed by atoms with Gasteiger partial charge in [0.15, 0.2) is 0 Å². The standard InChI is InChI=1S/C21H32O4/c1-5-6-7-8-9-14-24-20(22)18-10-12-19(13-11-18)21(23)25-17(4)15-16(2)3/h10-13,16-17H,5-9,14-15H2,1-4H3. The van der Waals surface area contributed by atoms with Crippen molar-refractivity contribution in [3.8, 4) is 0 Å². The Balaban J connectivity index is 2.41. The Bertz CT molecular complexity index is 519. The summed E-state index contributed by atoms with van der Waals surface area (Å²) in [5, 5.41) is 0. The Morgan fingerprint density at radius 3 is 2.00 bits per heavy atom. The third-order valence-electron chi connectivity index (χ3n) is 3.95. The van der Waals surface area contributed by atoms with Crippen molar-refractivity contribution in [1.29, 1.82) is 0 Å². The fourth-order valence-corrected chi connectivity index (χ4v) is 2.66. The molecule has 0 bridgehead atoms. The molecule has 0 aliphatic carbocycles. The van der Waals surface area contributed by atoms with E-state index >= 15 is 0 Å². The van der Waals surface area contributed by atoms with Crippen LogP contribution in [0.3, 0.4) is 0 Å². The van der Waals surface area contributed by atoms with Gasteiger partial charge in [-0.3, -0.25) is 0 Å². The van der Waals surface area contributed by atoms with Crippen LogP contribution in [0.25, 0.3) is 0 Å². The van der Waals surface area contributed by atoms with Gasteiger partial charge in [0, 0.05) is 0 Å². The quantitative estimate of drug-likeness (QED) is 0.396. The molecule has 4 heteroatoms. The van der Waals surface area contributed by atoms with Crippen LogP contribution in [0.2, 0.25) is 0 Å². The molecule has 1 unspecified atom stereocenters. The highest BCUT2D eigenvalue weighted by Crippen LogP contribution is 2.13. The number of carbonyl (C=O) groups excluding carboxylic acids is 2. The third kappa shape index (κ3) is 8.71. The molecule has 0 spiro atoms. The van der Waals surface area contributed by atoms with Gasteiger partial charge in [0.2, 0.25) is 0 Å². The summed E-state index contributed by atoms with van der Waals surface area (Å²) in [6.45, 7) is 8.69. The zero-order valence-corrected chi connectivity index (χ0v) is 16.0. The predicted octanol–water partition coefficient (Wildman–Crippen LogP) is 5.41. The lowest BCUT2D eigenvalue weighted by atomic mass is 10.1. The second kappa shape index (κ2) is 11.7. The monoisotopic (exact) mass is 348 g/mol. The van der Waals surface area contributed by atoms with Gasteiger partial charge in [-0.1, -0.05) is 46.5 Å². The van der Waals surface area contributed by atoms with Crippen molar-refractivity contribution in [1.82, 2.24) is 0 Å². The normalized spacial score (nSPS) is 12.0. The lowest BCUT2D eigenvalue weighted by molar-refractivity contribution is 0.0298. The number of hydrogen-bond acceptors (Lipinski definition) is 4. The summed E-state index contributed by atoms with van der Waals surface area (Å²) in [7, 11) is 0. The van der Waals surface area contributed by atoms with Gasteiger partial charge in [-0.2, -0.15) is 0 Å². The van der Waals surface area contributed by atoms with Crippen molar-refractivity contribution in [2.45, 2.75) is 72.3 Å². The maximum atomic E-state index is 12.1. The molecule has 0 fully saturated rings. The first-order valence-corrected chi connectivity index (χ1v) is 9.42. The Labute approximate surface area is 151 Å². The molecule has 4 nitrogen and oxygen atoms in total. The molecule has 140 valence electrons. The van der Waals surface area contributed by atoms with Crippen LogP contribution in [0.15, 0.2) is 24.3 Å². The van der Waals surface area contributed by atoms with Gasteiger partial charge in [-0.15, -0.1) is 0 Å². The molecule has 25 heavy (non-hydrogen) atoms. The van der Waals surface area contributed by atoms with Crippen molar-refractivity contribution in [2.24, 2.45) is 5.92 Å². The van der Waals surface area contributed by atoms with Crippen LogP contribution < -0.4 is 0 Å². The number of unbranched alkanes of at least 4 members (excludes halogenated alkanes) is 4. The number of benzene rings is 1. The number of ether oxygens (including phenoxy) is 2. The van der Waals surface area contributed by atoms with Crippen molar-refractivity contribution in [3.05, 3.63) is 35.4 Å². The van der Waals surface area contributed by atoms with E-state index in [-0.39, 0.29) is 18.0 Å². The van der Waals surface area contributed by atoms with Crippen LogP contribution in [0.4, 0.5) is 0 Å². The average Bonchev–Trinajstić information content (AvgIpc) is 2.57. The Morgan fingerprint density at radius 1 is 0.880 bits per heavy atom. The highest BCUT2D eigenvalue weighted by Gasteiger charge is 2.14. The number of carbonyl (C=O) groups is 2. The zero-order valence-electron chi connectivity index (χ0n) is 16.0. The molecule has 0 radical (unpaired) electrons. The molecule has 0 amide bonds. The second-order valence-corrected chi connectivity index (χ2v) is 6.97. The Morgan fingerprint density at radius 2 is 1.44 bits per heavy atom. The average molecular weight is 348 g/mol. The summed E-state index contributed by atoms with van der Waals surface area (Å²) in [4.78, 5) is 24.1. The van der Waals surface area contributed by atoms with E-state index in [0.717, 1.165) is 19.3 Å². The summed E-state index contributed by atoms with van der Waals surface area (Å²) < 4.78 is 10.7. The van der Waals surface area contributed by atoms with E-state index in [0.29, 0.717) is 23.7 Å². The van der Waals surface area contributed by atoms with Gasteiger partial charge >= 0.3 is 11.9 Å². The first-order valence-electron chi connectivity index (χ1n) is 9.42. The second-order valence-electron chi connectivity index (χ2n) is 6.97. The van der Waals surface area contributed by atoms with E-state index in [9.17, 15) is 9.59 Å². The van der Waals surface area contributed by atoms with Gasteiger partial charge in [-0.25, -0.2) is 9.59 Å². The van der Waals surface area contributed by atoms with Gasteiger partial charge in [0.25, 0.3) is 0 Å². The van der Waals surface area contributed by atoms with Gasteiger partial charge in [-0.05, 0) is 49.9 Å². The number of hydrogen-bond donors (Lipinski definition) is 0. The van der Waals surface area contributed by atoms with Crippen LogP contribution in [-0.2, 0) is 9.47 Å². The molecule has 0 aliphatic rings. The van der Waals surface area contributed by atoms with Crippen molar-refractivity contribution in [2.75, 3.05) is 6.61 Å². The van der Waals surface area contributed by atoms with Gasteiger partial charge in [0.1, 0.15) is 0 Å². The first kappa shape index (κ1) is 21.2.